The second-order valence-corrected chi connectivity index (χ2v) is 11.4. The molecule has 0 saturated carbocycles. The third-order valence-corrected chi connectivity index (χ3v) is 8.81. The number of nitrogens with one attached hydrogen (secondary N) is 2. The van der Waals surface area contributed by atoms with Crippen LogP contribution in [0.25, 0.3) is 0 Å². The summed E-state index contributed by atoms with van der Waals surface area (Å²) in [6.07, 6.45) is 5.04. The SMILES string of the molecule is Cc1sc(NC(=O)c2ccco2)c(C(c2ccc(Cl)cc2)[NH+]2CCC(Cc3ccccc3)CC2)c1C. The van der Waals surface area contributed by atoms with Gasteiger partial charge in [-0.05, 0) is 74.4 Å². The van der Waals surface area contributed by atoms with Crippen molar-refractivity contribution in [2.45, 2.75) is 39.2 Å². The molecule has 1 aliphatic heterocycles. The number of anilines is 1. The summed E-state index contributed by atoms with van der Waals surface area (Å²) in [6, 6.07) is 22.6. The van der Waals surface area contributed by atoms with Crippen molar-refractivity contribution in [3.05, 3.63) is 111 Å². The van der Waals surface area contributed by atoms with Crippen molar-refractivity contribution in [2.75, 3.05) is 18.4 Å². The molecule has 186 valence electrons. The fourth-order valence-corrected chi connectivity index (χ4v) is 6.63. The Labute approximate surface area is 221 Å². The van der Waals surface area contributed by atoms with E-state index in [1.165, 1.54) is 51.1 Å². The van der Waals surface area contributed by atoms with Gasteiger partial charge in [-0.1, -0.05) is 54.1 Å². The average Bonchev–Trinajstić information content (AvgIpc) is 3.52. The quantitative estimate of drug-likeness (QED) is 0.293. The number of halogens is 1. The second kappa shape index (κ2) is 11.0. The highest BCUT2D eigenvalue weighted by molar-refractivity contribution is 7.16. The minimum absolute atomic E-state index is 0.122. The second-order valence-electron chi connectivity index (χ2n) is 9.73. The Balaban J connectivity index is 1.44. The van der Waals surface area contributed by atoms with Crippen LogP contribution in [-0.4, -0.2) is 19.0 Å². The molecule has 5 rings (SSSR count). The van der Waals surface area contributed by atoms with Crippen LogP contribution in [0.4, 0.5) is 5.00 Å². The topological polar surface area (TPSA) is 46.7 Å². The third kappa shape index (κ3) is 5.44. The number of furan rings is 1. The Morgan fingerprint density at radius 3 is 2.44 bits per heavy atom. The normalized spacial score (nSPS) is 18.6. The number of piperidine rings is 1. The van der Waals surface area contributed by atoms with Gasteiger partial charge in [0.2, 0.25) is 0 Å². The molecule has 1 saturated heterocycles. The first kappa shape index (κ1) is 24.8. The molecule has 2 aromatic carbocycles. The first-order valence-electron chi connectivity index (χ1n) is 12.6. The van der Waals surface area contributed by atoms with Crippen LogP contribution < -0.4 is 10.2 Å². The average molecular weight is 520 g/mol. The zero-order valence-electron chi connectivity index (χ0n) is 20.7. The summed E-state index contributed by atoms with van der Waals surface area (Å²) < 4.78 is 5.35. The van der Waals surface area contributed by atoms with Gasteiger partial charge in [0.25, 0.3) is 5.91 Å². The third-order valence-electron chi connectivity index (χ3n) is 7.42. The maximum atomic E-state index is 12.9. The molecule has 1 amide bonds. The molecule has 2 N–H and O–H groups in total. The lowest BCUT2D eigenvalue weighted by molar-refractivity contribution is -0.931. The summed E-state index contributed by atoms with van der Waals surface area (Å²) in [7, 11) is 0. The molecule has 1 fully saturated rings. The van der Waals surface area contributed by atoms with Crippen molar-refractivity contribution < 1.29 is 14.1 Å². The molecule has 0 radical (unpaired) electrons. The number of rotatable bonds is 7. The lowest BCUT2D eigenvalue weighted by Gasteiger charge is -2.36. The Kier molecular flexibility index (Phi) is 7.61. The van der Waals surface area contributed by atoms with E-state index in [1.807, 2.05) is 12.1 Å². The van der Waals surface area contributed by atoms with Crippen molar-refractivity contribution in [3.8, 4) is 0 Å². The summed E-state index contributed by atoms with van der Waals surface area (Å²) in [6.45, 7) is 6.48. The fraction of sp³-hybridized carbons (Fsp3) is 0.300. The summed E-state index contributed by atoms with van der Waals surface area (Å²) in [5.41, 5.74) is 5.10. The maximum absolute atomic E-state index is 12.9. The van der Waals surface area contributed by atoms with Gasteiger partial charge in [0, 0.05) is 15.5 Å². The molecule has 2 aromatic heterocycles. The fourth-order valence-electron chi connectivity index (χ4n) is 5.41. The highest BCUT2D eigenvalue weighted by Crippen LogP contribution is 2.39. The van der Waals surface area contributed by atoms with Crippen molar-refractivity contribution >= 4 is 33.8 Å². The van der Waals surface area contributed by atoms with E-state index in [9.17, 15) is 4.79 Å². The summed E-state index contributed by atoms with van der Waals surface area (Å²) >= 11 is 7.91. The minimum atomic E-state index is -0.214. The Hall–Kier alpha value is -2.86. The number of aryl methyl sites for hydroxylation is 1. The van der Waals surface area contributed by atoms with Crippen molar-refractivity contribution in [2.24, 2.45) is 5.92 Å². The first-order chi connectivity index (χ1) is 17.5. The zero-order valence-corrected chi connectivity index (χ0v) is 22.3. The Bertz CT molecular complexity index is 1290. The highest BCUT2D eigenvalue weighted by Gasteiger charge is 2.35. The molecule has 3 heterocycles. The van der Waals surface area contributed by atoms with Gasteiger partial charge >= 0.3 is 0 Å². The van der Waals surface area contributed by atoms with Crippen molar-refractivity contribution in [1.29, 1.82) is 0 Å². The Morgan fingerprint density at radius 1 is 1.06 bits per heavy atom. The predicted molar refractivity (Wildman–Crippen MR) is 147 cm³/mol. The Morgan fingerprint density at radius 2 is 1.78 bits per heavy atom. The lowest BCUT2D eigenvalue weighted by atomic mass is 9.87. The molecule has 0 spiro atoms. The van der Waals surface area contributed by atoms with Crippen LogP contribution in [0.5, 0.6) is 0 Å². The lowest BCUT2D eigenvalue weighted by Crippen LogP contribution is -3.13. The number of hydrogen-bond acceptors (Lipinski definition) is 3. The molecular formula is C30H32ClN2O2S+. The number of hydrogen-bond donors (Lipinski definition) is 2. The van der Waals surface area contributed by atoms with Crippen LogP contribution in [0.15, 0.2) is 77.4 Å². The van der Waals surface area contributed by atoms with E-state index in [0.29, 0.717) is 11.7 Å². The summed E-state index contributed by atoms with van der Waals surface area (Å²) in [5.74, 6) is 0.807. The molecule has 4 aromatic rings. The molecular weight excluding hydrogens is 488 g/mol. The largest absolute Gasteiger partial charge is 0.459 e. The number of benzene rings is 2. The molecule has 0 aliphatic carbocycles. The van der Waals surface area contributed by atoms with Gasteiger partial charge < -0.3 is 14.6 Å². The van der Waals surface area contributed by atoms with Crippen molar-refractivity contribution in [1.82, 2.24) is 0 Å². The van der Waals surface area contributed by atoms with Gasteiger partial charge in [0.05, 0.1) is 24.9 Å². The van der Waals surface area contributed by atoms with Crippen LogP contribution in [0.2, 0.25) is 5.02 Å². The van der Waals surface area contributed by atoms with E-state index >= 15 is 0 Å². The van der Waals surface area contributed by atoms with Crippen molar-refractivity contribution in [3.63, 3.8) is 0 Å². The first-order valence-corrected chi connectivity index (χ1v) is 13.8. The number of quaternary nitrogens is 1. The van der Waals surface area contributed by atoms with Crippen LogP contribution in [0, 0.1) is 19.8 Å². The van der Waals surface area contributed by atoms with E-state index in [2.05, 4.69) is 61.6 Å². The van der Waals surface area contributed by atoms with Gasteiger partial charge in [-0.15, -0.1) is 11.3 Å². The van der Waals surface area contributed by atoms with Crippen LogP contribution in [0.3, 0.4) is 0 Å². The molecule has 1 atom stereocenters. The number of amides is 1. The van der Waals surface area contributed by atoms with E-state index in [-0.39, 0.29) is 11.9 Å². The van der Waals surface area contributed by atoms with Crippen LogP contribution in [0.1, 0.15) is 56.6 Å². The zero-order chi connectivity index (χ0) is 25.1. The van der Waals surface area contributed by atoms with Gasteiger partial charge in [-0.2, -0.15) is 0 Å². The highest BCUT2D eigenvalue weighted by atomic mass is 35.5. The summed E-state index contributed by atoms with van der Waals surface area (Å²) in [5, 5.41) is 4.81. The molecule has 1 unspecified atom stereocenters. The van der Waals surface area contributed by atoms with Crippen LogP contribution >= 0.6 is 22.9 Å². The number of carbonyl (C=O) groups excluding carboxylic acids is 1. The van der Waals surface area contributed by atoms with Gasteiger partial charge in [-0.25, -0.2) is 0 Å². The monoisotopic (exact) mass is 519 g/mol. The molecule has 4 nitrogen and oxygen atoms in total. The standard InChI is InChI=1S/C30H31ClN2O2S/c1-20-21(2)36-30(32-29(34)26-9-6-18-35-26)27(20)28(24-10-12-25(31)13-11-24)33-16-14-23(15-17-33)19-22-7-4-3-5-8-22/h3-13,18,23,28H,14-17,19H2,1-2H3,(H,32,34)/p+1. The van der Waals surface area contributed by atoms with Gasteiger partial charge in [0.1, 0.15) is 11.0 Å². The van der Waals surface area contributed by atoms with E-state index in [0.717, 1.165) is 29.5 Å². The molecule has 0 bridgehead atoms. The maximum Gasteiger partial charge on any atom is 0.291 e. The number of likely N-dealkylation sites (tertiary alicyclic amines) is 1. The van der Waals surface area contributed by atoms with E-state index in [1.54, 1.807) is 23.5 Å². The predicted octanol–water partition coefficient (Wildman–Crippen LogP) is 6.49. The number of carbonyl (C=O) groups is 1. The van der Waals surface area contributed by atoms with Gasteiger partial charge in [0.15, 0.2) is 5.76 Å². The minimum Gasteiger partial charge on any atom is -0.459 e. The molecule has 36 heavy (non-hydrogen) atoms. The number of thiophene rings is 1. The van der Waals surface area contributed by atoms with E-state index < -0.39 is 0 Å². The van der Waals surface area contributed by atoms with E-state index in [4.69, 9.17) is 16.0 Å². The molecule has 1 aliphatic rings. The van der Waals surface area contributed by atoms with Crippen LogP contribution in [-0.2, 0) is 6.42 Å². The molecule has 6 heteroatoms. The summed E-state index contributed by atoms with van der Waals surface area (Å²) in [4.78, 5) is 15.7. The van der Waals surface area contributed by atoms with Gasteiger partial charge in [-0.3, -0.25) is 4.79 Å². The smallest absolute Gasteiger partial charge is 0.291 e.